The fourth-order valence-corrected chi connectivity index (χ4v) is 2.68. The second-order valence-electron chi connectivity index (χ2n) is 4.81. The molecule has 102 valence electrons. The van der Waals surface area contributed by atoms with Crippen LogP contribution in [0.2, 0.25) is 0 Å². The van der Waals surface area contributed by atoms with E-state index in [1.165, 1.54) is 5.57 Å². The third kappa shape index (κ3) is 2.21. The molecule has 1 N–H and O–H groups in total. The van der Waals surface area contributed by atoms with Crippen LogP contribution >= 0.6 is 0 Å². The average Bonchev–Trinajstić information content (AvgIpc) is 2.98. The second kappa shape index (κ2) is 5.47. The van der Waals surface area contributed by atoms with Gasteiger partial charge in [0.2, 0.25) is 0 Å². The third-order valence-corrected chi connectivity index (χ3v) is 3.72. The summed E-state index contributed by atoms with van der Waals surface area (Å²) in [6.45, 7) is 2.66. The number of rotatable bonds is 3. The molecule has 1 atom stereocenters. The fraction of sp³-hybridized carbons (Fsp3) is 0.235. The normalized spacial score (nSPS) is 20.8. The zero-order valence-electron chi connectivity index (χ0n) is 14.3. The molecule has 0 saturated heterocycles. The molecule has 0 fully saturated rings. The van der Waals surface area contributed by atoms with Crippen molar-refractivity contribution in [3.63, 3.8) is 0 Å². The van der Waals surface area contributed by atoms with Crippen molar-refractivity contribution >= 4 is 5.57 Å². The second-order valence-corrected chi connectivity index (χ2v) is 4.81. The van der Waals surface area contributed by atoms with Crippen molar-refractivity contribution in [2.75, 3.05) is 13.6 Å². The maximum absolute atomic E-state index is 7.30. The first kappa shape index (κ1) is 9.72. The van der Waals surface area contributed by atoms with E-state index in [9.17, 15) is 0 Å². The number of pyridine rings is 1. The smallest absolute Gasteiger partial charge is 0.122 e. The van der Waals surface area contributed by atoms with Gasteiger partial charge in [-0.3, -0.25) is 4.98 Å². The van der Waals surface area contributed by atoms with E-state index in [0.717, 1.165) is 23.2 Å². The highest BCUT2D eigenvalue weighted by Gasteiger charge is 2.24. The molecule has 0 radical (unpaired) electrons. The van der Waals surface area contributed by atoms with Crippen molar-refractivity contribution in [3.8, 4) is 5.75 Å². The van der Waals surface area contributed by atoms with Crippen molar-refractivity contribution in [1.82, 2.24) is 10.3 Å². The first-order chi connectivity index (χ1) is 11.0. The average molecular weight is 269 g/mol. The zero-order valence-corrected chi connectivity index (χ0v) is 11.3. The van der Waals surface area contributed by atoms with Gasteiger partial charge >= 0.3 is 0 Å². The van der Waals surface area contributed by atoms with E-state index in [2.05, 4.69) is 16.4 Å². The molecule has 1 aromatic heterocycles. The van der Waals surface area contributed by atoms with Gasteiger partial charge < -0.3 is 10.1 Å². The number of ether oxygens (including phenoxy) is 1. The molecule has 3 heteroatoms. The van der Waals surface area contributed by atoms with E-state index >= 15 is 0 Å². The molecule has 0 saturated carbocycles. The third-order valence-electron chi connectivity index (χ3n) is 3.72. The molecular formula is C17H18N2O. The summed E-state index contributed by atoms with van der Waals surface area (Å²) in [5.41, 5.74) is 4.13. The Morgan fingerprint density at radius 1 is 1.30 bits per heavy atom. The van der Waals surface area contributed by atoms with Gasteiger partial charge in [-0.2, -0.15) is 0 Å². The molecule has 1 aromatic carbocycles. The Morgan fingerprint density at radius 3 is 2.95 bits per heavy atom. The Bertz CT molecular complexity index is 726. The zero-order chi connectivity index (χ0) is 16.4. The summed E-state index contributed by atoms with van der Waals surface area (Å²) in [7, 11) is -2.45. The van der Waals surface area contributed by atoms with Crippen LogP contribution in [0.5, 0.6) is 5.75 Å². The Balaban J connectivity index is 1.96. The van der Waals surface area contributed by atoms with Crippen LogP contribution in [0, 0.1) is 6.92 Å². The lowest BCUT2D eigenvalue weighted by Gasteiger charge is -2.20. The maximum Gasteiger partial charge on any atom is 0.122 e. The van der Waals surface area contributed by atoms with Crippen LogP contribution in [0.1, 0.15) is 26.8 Å². The molecule has 0 amide bonds. The van der Waals surface area contributed by atoms with E-state index in [1.807, 2.05) is 31.2 Å². The predicted octanol–water partition coefficient (Wildman–Crippen LogP) is 3.13. The summed E-state index contributed by atoms with van der Waals surface area (Å²) < 4.78 is 27.0. The Labute approximate surface area is 123 Å². The van der Waals surface area contributed by atoms with Crippen molar-refractivity contribution in [2.45, 2.75) is 13.0 Å². The first-order valence-electron chi connectivity index (χ1n) is 8.08. The number of methoxy groups -OCH3 is 1. The molecule has 2 heterocycles. The Kier molecular flexibility index (Phi) is 2.66. The lowest BCUT2D eigenvalue weighted by atomic mass is 9.92. The van der Waals surface area contributed by atoms with Crippen LogP contribution in [0.15, 0.2) is 48.8 Å². The summed E-state index contributed by atoms with van der Waals surface area (Å²) in [6.07, 6.45) is 5.69. The number of nitrogens with zero attached hydrogens (tertiary/aromatic N) is 1. The topological polar surface area (TPSA) is 34.1 Å². The van der Waals surface area contributed by atoms with Gasteiger partial charge in [0.25, 0.3) is 0 Å². The number of benzene rings is 1. The van der Waals surface area contributed by atoms with Gasteiger partial charge in [-0.05, 0) is 47.4 Å². The van der Waals surface area contributed by atoms with E-state index in [4.69, 9.17) is 8.85 Å². The first-order valence-corrected chi connectivity index (χ1v) is 6.58. The van der Waals surface area contributed by atoms with Gasteiger partial charge in [-0.1, -0.05) is 18.2 Å². The van der Waals surface area contributed by atoms with Crippen LogP contribution in [-0.2, 0) is 0 Å². The largest absolute Gasteiger partial charge is 0.496 e. The molecule has 1 aliphatic heterocycles. The standard InChI is InChI=1S/C17H18N2O/c1-12-14(4-3-5-16(12)20-2)17-15(8-11-19-17)13-6-9-18-10-7-13/h3-10,17,19H,11H2,1-2H3/t17-/m1/s1/i2D3. The minimum atomic E-state index is -2.45. The quantitative estimate of drug-likeness (QED) is 0.929. The number of aromatic nitrogens is 1. The summed E-state index contributed by atoms with van der Waals surface area (Å²) >= 11 is 0. The van der Waals surface area contributed by atoms with E-state index in [0.29, 0.717) is 5.75 Å². The summed E-state index contributed by atoms with van der Waals surface area (Å²) in [5.74, 6) is 0.394. The summed E-state index contributed by atoms with van der Waals surface area (Å²) in [5, 5.41) is 3.44. The van der Waals surface area contributed by atoms with Crippen molar-refractivity contribution in [1.29, 1.82) is 0 Å². The molecule has 20 heavy (non-hydrogen) atoms. The Hall–Kier alpha value is -2.13. The van der Waals surface area contributed by atoms with Crippen LogP contribution < -0.4 is 10.1 Å². The number of hydrogen-bond donors (Lipinski definition) is 1. The molecule has 3 rings (SSSR count). The molecule has 0 aliphatic carbocycles. The van der Waals surface area contributed by atoms with Gasteiger partial charge in [-0.15, -0.1) is 0 Å². The van der Waals surface area contributed by atoms with Crippen molar-refractivity contribution in [2.24, 2.45) is 0 Å². The summed E-state index contributed by atoms with van der Waals surface area (Å²) in [6, 6.07) is 9.48. The SMILES string of the molecule is [2H]C([2H])([2H])Oc1cccc([C@H]2NCC=C2c2ccncc2)c1C. The minimum Gasteiger partial charge on any atom is -0.496 e. The van der Waals surface area contributed by atoms with E-state index in [1.54, 1.807) is 18.5 Å². The monoisotopic (exact) mass is 269 g/mol. The lowest BCUT2D eigenvalue weighted by molar-refractivity contribution is 0.410. The van der Waals surface area contributed by atoms with Crippen LogP contribution in [-0.4, -0.2) is 18.6 Å². The van der Waals surface area contributed by atoms with Crippen molar-refractivity contribution in [3.05, 3.63) is 65.5 Å². The number of nitrogens with one attached hydrogen (secondary N) is 1. The highest BCUT2D eigenvalue weighted by molar-refractivity contribution is 5.73. The molecule has 3 nitrogen and oxygen atoms in total. The minimum absolute atomic E-state index is 0.0116. The van der Waals surface area contributed by atoms with Crippen LogP contribution in [0.25, 0.3) is 5.57 Å². The van der Waals surface area contributed by atoms with Crippen LogP contribution in [0.4, 0.5) is 0 Å². The lowest BCUT2D eigenvalue weighted by Crippen LogP contribution is -2.17. The van der Waals surface area contributed by atoms with Gasteiger partial charge in [-0.25, -0.2) is 0 Å². The van der Waals surface area contributed by atoms with Gasteiger partial charge in [0, 0.05) is 18.9 Å². The molecule has 2 aromatic rings. The van der Waals surface area contributed by atoms with Gasteiger partial charge in [0.1, 0.15) is 5.75 Å². The molecule has 0 unspecified atom stereocenters. The molecular weight excluding hydrogens is 248 g/mol. The summed E-state index contributed by atoms with van der Waals surface area (Å²) in [4.78, 5) is 4.06. The molecule has 1 aliphatic rings. The van der Waals surface area contributed by atoms with Crippen molar-refractivity contribution < 1.29 is 8.85 Å². The highest BCUT2D eigenvalue weighted by atomic mass is 16.5. The van der Waals surface area contributed by atoms with Gasteiger partial charge in [0.05, 0.1) is 17.2 Å². The highest BCUT2D eigenvalue weighted by Crippen LogP contribution is 2.36. The van der Waals surface area contributed by atoms with E-state index < -0.39 is 7.04 Å². The van der Waals surface area contributed by atoms with E-state index in [-0.39, 0.29) is 6.04 Å². The maximum atomic E-state index is 7.30. The number of hydrogen-bond acceptors (Lipinski definition) is 3. The molecule has 0 spiro atoms. The van der Waals surface area contributed by atoms with Gasteiger partial charge in [0.15, 0.2) is 0 Å². The molecule has 0 bridgehead atoms. The predicted molar refractivity (Wildman–Crippen MR) is 80.7 cm³/mol. The Morgan fingerprint density at radius 2 is 2.15 bits per heavy atom. The fourth-order valence-electron chi connectivity index (χ4n) is 2.68. The van der Waals surface area contributed by atoms with Crippen LogP contribution in [0.3, 0.4) is 0 Å².